The molecule has 1 heterocycles. The van der Waals surface area contributed by atoms with Crippen LogP contribution in [0, 0.1) is 5.92 Å². The van der Waals surface area contributed by atoms with Crippen LogP contribution in [0.4, 0.5) is 13.2 Å². The topological polar surface area (TPSA) is 29.9 Å². The first-order valence-corrected chi connectivity index (χ1v) is 6.27. The molecule has 2 rings (SSSR count). The van der Waals surface area contributed by atoms with E-state index in [0.29, 0.717) is 18.5 Å². The molecular formula is C12H18F3N3. The second-order valence-corrected chi connectivity index (χ2v) is 4.86. The molecule has 0 amide bonds. The van der Waals surface area contributed by atoms with Crippen LogP contribution in [-0.4, -0.2) is 22.9 Å². The predicted molar refractivity (Wildman–Crippen MR) is 62.0 cm³/mol. The standard InChI is InChI=1S/C12H18F3N3/c1-16-11-4-2-3-9(11)5-6-18-8-10(7-17-18)12(13,14)15/h7-9,11,16H,2-6H2,1H3. The molecule has 1 aliphatic carbocycles. The number of rotatable bonds is 4. The normalized spacial score (nSPS) is 24.7. The molecule has 2 atom stereocenters. The molecule has 1 fully saturated rings. The fraction of sp³-hybridized carbons (Fsp3) is 0.750. The van der Waals surface area contributed by atoms with Crippen LogP contribution >= 0.6 is 0 Å². The van der Waals surface area contributed by atoms with Gasteiger partial charge in [-0.2, -0.15) is 18.3 Å². The molecule has 1 aromatic rings. The number of hydrogen-bond acceptors (Lipinski definition) is 2. The molecule has 0 aromatic carbocycles. The number of aromatic nitrogens is 2. The lowest BCUT2D eigenvalue weighted by molar-refractivity contribution is -0.137. The van der Waals surface area contributed by atoms with Crippen molar-refractivity contribution in [2.75, 3.05) is 7.05 Å². The van der Waals surface area contributed by atoms with Crippen LogP contribution in [0.3, 0.4) is 0 Å². The Balaban J connectivity index is 1.89. The Morgan fingerprint density at radius 2 is 2.22 bits per heavy atom. The van der Waals surface area contributed by atoms with Gasteiger partial charge in [-0.1, -0.05) is 6.42 Å². The molecule has 1 aliphatic rings. The zero-order valence-corrected chi connectivity index (χ0v) is 10.4. The van der Waals surface area contributed by atoms with Gasteiger partial charge in [0.25, 0.3) is 0 Å². The van der Waals surface area contributed by atoms with E-state index in [4.69, 9.17) is 0 Å². The highest BCUT2D eigenvalue weighted by atomic mass is 19.4. The van der Waals surface area contributed by atoms with Crippen molar-refractivity contribution in [1.29, 1.82) is 0 Å². The third-order valence-electron chi connectivity index (χ3n) is 3.72. The molecule has 0 radical (unpaired) electrons. The van der Waals surface area contributed by atoms with Crippen molar-refractivity contribution in [3.8, 4) is 0 Å². The maximum atomic E-state index is 12.4. The van der Waals surface area contributed by atoms with Crippen LogP contribution in [0.15, 0.2) is 12.4 Å². The van der Waals surface area contributed by atoms with Gasteiger partial charge in [0.2, 0.25) is 0 Å². The van der Waals surface area contributed by atoms with Crippen molar-refractivity contribution in [2.45, 2.75) is 44.4 Å². The van der Waals surface area contributed by atoms with Gasteiger partial charge in [-0.05, 0) is 32.2 Å². The van der Waals surface area contributed by atoms with Crippen LogP contribution in [0.1, 0.15) is 31.2 Å². The smallest absolute Gasteiger partial charge is 0.317 e. The number of halogens is 3. The molecular weight excluding hydrogens is 243 g/mol. The first-order chi connectivity index (χ1) is 8.50. The SMILES string of the molecule is CNC1CCCC1CCn1cc(C(F)(F)F)cn1. The second kappa shape index (κ2) is 5.30. The summed E-state index contributed by atoms with van der Waals surface area (Å²) in [7, 11) is 1.94. The molecule has 0 bridgehead atoms. The fourth-order valence-corrected chi connectivity index (χ4v) is 2.69. The van der Waals surface area contributed by atoms with Crippen LogP contribution in [0.25, 0.3) is 0 Å². The summed E-state index contributed by atoms with van der Waals surface area (Å²) in [6.45, 7) is 0.554. The minimum Gasteiger partial charge on any atom is -0.317 e. The lowest BCUT2D eigenvalue weighted by Gasteiger charge is -2.18. The molecule has 3 nitrogen and oxygen atoms in total. The highest BCUT2D eigenvalue weighted by Gasteiger charge is 2.32. The van der Waals surface area contributed by atoms with Crippen LogP contribution in [0.5, 0.6) is 0 Å². The summed E-state index contributed by atoms with van der Waals surface area (Å²) >= 11 is 0. The quantitative estimate of drug-likeness (QED) is 0.903. The lowest BCUT2D eigenvalue weighted by atomic mass is 10.00. The van der Waals surface area contributed by atoms with Gasteiger partial charge in [-0.3, -0.25) is 4.68 Å². The monoisotopic (exact) mass is 261 g/mol. The summed E-state index contributed by atoms with van der Waals surface area (Å²) in [5.74, 6) is 0.550. The summed E-state index contributed by atoms with van der Waals surface area (Å²) in [5, 5.41) is 7.04. The number of alkyl halides is 3. The van der Waals surface area contributed by atoms with Crippen LogP contribution < -0.4 is 5.32 Å². The molecule has 2 unspecified atom stereocenters. The number of hydrogen-bond donors (Lipinski definition) is 1. The highest BCUT2D eigenvalue weighted by Crippen LogP contribution is 2.30. The van der Waals surface area contributed by atoms with E-state index in [1.807, 2.05) is 7.05 Å². The molecule has 1 saturated carbocycles. The Hall–Kier alpha value is -1.04. The maximum absolute atomic E-state index is 12.4. The van der Waals surface area contributed by atoms with E-state index >= 15 is 0 Å². The Morgan fingerprint density at radius 3 is 2.83 bits per heavy atom. The molecule has 0 saturated heterocycles. The zero-order chi connectivity index (χ0) is 13.2. The van der Waals surface area contributed by atoms with Crippen molar-refractivity contribution < 1.29 is 13.2 Å². The zero-order valence-electron chi connectivity index (χ0n) is 10.4. The van der Waals surface area contributed by atoms with Gasteiger partial charge in [0.1, 0.15) is 0 Å². The molecule has 18 heavy (non-hydrogen) atoms. The summed E-state index contributed by atoms with van der Waals surface area (Å²) in [5.41, 5.74) is -0.668. The van der Waals surface area contributed by atoms with Crippen molar-refractivity contribution in [1.82, 2.24) is 15.1 Å². The minimum absolute atomic E-state index is 0.502. The average molecular weight is 261 g/mol. The van der Waals surface area contributed by atoms with Gasteiger partial charge >= 0.3 is 6.18 Å². The van der Waals surface area contributed by atoms with E-state index in [-0.39, 0.29) is 0 Å². The number of nitrogens with zero attached hydrogens (tertiary/aromatic N) is 2. The summed E-state index contributed by atoms with van der Waals surface area (Å²) in [4.78, 5) is 0. The Kier molecular flexibility index (Phi) is 3.94. The van der Waals surface area contributed by atoms with Crippen molar-refractivity contribution in [3.05, 3.63) is 18.0 Å². The molecule has 6 heteroatoms. The summed E-state index contributed by atoms with van der Waals surface area (Å²) < 4.78 is 38.6. The van der Waals surface area contributed by atoms with Crippen molar-refractivity contribution >= 4 is 0 Å². The van der Waals surface area contributed by atoms with E-state index in [0.717, 1.165) is 31.7 Å². The van der Waals surface area contributed by atoms with Crippen molar-refractivity contribution in [2.24, 2.45) is 5.92 Å². The van der Waals surface area contributed by atoms with Gasteiger partial charge in [-0.15, -0.1) is 0 Å². The number of aryl methyl sites for hydroxylation is 1. The minimum atomic E-state index is -4.29. The van der Waals surface area contributed by atoms with E-state index in [9.17, 15) is 13.2 Å². The predicted octanol–water partition coefficient (Wildman–Crippen LogP) is 2.68. The first kappa shape index (κ1) is 13.4. The largest absolute Gasteiger partial charge is 0.419 e. The third kappa shape index (κ3) is 3.04. The van der Waals surface area contributed by atoms with Crippen molar-refractivity contribution in [3.63, 3.8) is 0 Å². The fourth-order valence-electron chi connectivity index (χ4n) is 2.69. The summed E-state index contributed by atoms with van der Waals surface area (Å²) in [6, 6.07) is 0.502. The first-order valence-electron chi connectivity index (χ1n) is 6.27. The molecule has 102 valence electrons. The highest BCUT2D eigenvalue weighted by molar-refractivity contribution is 5.08. The molecule has 1 N–H and O–H groups in total. The Morgan fingerprint density at radius 1 is 1.44 bits per heavy atom. The Bertz CT molecular complexity index is 386. The molecule has 1 aromatic heterocycles. The number of nitrogens with one attached hydrogen (secondary N) is 1. The maximum Gasteiger partial charge on any atom is 0.419 e. The van der Waals surface area contributed by atoms with Gasteiger partial charge in [0, 0.05) is 18.8 Å². The van der Waals surface area contributed by atoms with Gasteiger partial charge in [-0.25, -0.2) is 0 Å². The van der Waals surface area contributed by atoms with E-state index in [1.54, 1.807) is 0 Å². The Labute approximate surface area is 104 Å². The van der Waals surface area contributed by atoms with E-state index < -0.39 is 11.7 Å². The van der Waals surface area contributed by atoms with Crippen LogP contribution in [0.2, 0.25) is 0 Å². The van der Waals surface area contributed by atoms with E-state index in [1.165, 1.54) is 11.1 Å². The lowest BCUT2D eigenvalue weighted by Crippen LogP contribution is -2.29. The molecule has 0 spiro atoms. The van der Waals surface area contributed by atoms with Gasteiger partial charge in [0.15, 0.2) is 0 Å². The van der Waals surface area contributed by atoms with Gasteiger partial charge < -0.3 is 5.32 Å². The van der Waals surface area contributed by atoms with Gasteiger partial charge in [0.05, 0.1) is 11.8 Å². The third-order valence-corrected chi connectivity index (χ3v) is 3.72. The van der Waals surface area contributed by atoms with E-state index in [2.05, 4.69) is 10.4 Å². The van der Waals surface area contributed by atoms with Crippen LogP contribution in [-0.2, 0) is 12.7 Å². The average Bonchev–Trinajstić information content (AvgIpc) is 2.94. The summed E-state index contributed by atoms with van der Waals surface area (Å²) in [6.07, 6.45) is 2.08. The second-order valence-electron chi connectivity index (χ2n) is 4.86. The molecule has 0 aliphatic heterocycles.